The van der Waals surface area contributed by atoms with Gasteiger partial charge in [-0.05, 0) is 34.1 Å². The maximum Gasteiger partial charge on any atom is 0.270 e. The molecule has 0 N–H and O–H groups in total. The molecule has 2 aromatic heterocycles. The number of benzene rings is 1. The van der Waals surface area contributed by atoms with E-state index in [0.29, 0.717) is 20.6 Å². The number of methoxy groups -OCH3 is 2. The molecule has 0 saturated heterocycles. The van der Waals surface area contributed by atoms with E-state index in [1.165, 1.54) is 32.5 Å². The molecule has 25 heavy (non-hydrogen) atoms. The zero-order valence-corrected chi connectivity index (χ0v) is 16.5. The van der Waals surface area contributed by atoms with Crippen LogP contribution in [0.1, 0.15) is 11.9 Å². The summed E-state index contributed by atoms with van der Waals surface area (Å²) < 4.78 is 37.8. The Labute approximate surface area is 158 Å². The minimum absolute atomic E-state index is 0.154. The summed E-state index contributed by atoms with van der Waals surface area (Å²) in [5, 5.41) is 0.797. The number of ether oxygens (including phenoxy) is 2. The molecule has 0 aliphatic carbocycles. The van der Waals surface area contributed by atoms with E-state index >= 15 is 0 Å². The van der Waals surface area contributed by atoms with Crippen LogP contribution in [0.15, 0.2) is 52.1 Å². The van der Waals surface area contributed by atoms with E-state index in [4.69, 9.17) is 21.1 Å². The number of nitrogens with zero attached hydrogens (tertiary/aromatic N) is 2. The fourth-order valence-corrected chi connectivity index (χ4v) is 5.13. The smallest absolute Gasteiger partial charge is 0.270 e. The monoisotopic (exact) mass is 444 g/mol. The van der Waals surface area contributed by atoms with Crippen molar-refractivity contribution in [3.63, 3.8) is 0 Å². The summed E-state index contributed by atoms with van der Waals surface area (Å²) in [6.45, 7) is 0. The van der Waals surface area contributed by atoms with Gasteiger partial charge in [0.05, 0.1) is 9.92 Å². The minimum Gasteiger partial charge on any atom is -0.352 e. The number of fused-ring (bicyclic) bond motifs is 1. The van der Waals surface area contributed by atoms with Crippen molar-refractivity contribution in [2.75, 3.05) is 14.2 Å². The highest BCUT2D eigenvalue weighted by molar-refractivity contribution is 9.10. The van der Waals surface area contributed by atoms with E-state index in [2.05, 4.69) is 20.9 Å². The van der Waals surface area contributed by atoms with E-state index in [1.807, 2.05) is 0 Å². The van der Waals surface area contributed by atoms with Crippen molar-refractivity contribution in [2.24, 2.45) is 0 Å². The molecule has 0 fully saturated rings. The fourth-order valence-electron chi connectivity index (χ4n) is 2.52. The molecule has 6 nitrogen and oxygen atoms in total. The first-order valence-electron chi connectivity index (χ1n) is 7.13. The number of aromatic nitrogens is 2. The van der Waals surface area contributed by atoms with Crippen LogP contribution in [0, 0.1) is 0 Å². The van der Waals surface area contributed by atoms with E-state index in [9.17, 15) is 8.42 Å². The zero-order valence-electron chi connectivity index (χ0n) is 13.3. The van der Waals surface area contributed by atoms with Crippen LogP contribution in [0.5, 0.6) is 0 Å². The summed E-state index contributed by atoms with van der Waals surface area (Å²) in [7, 11) is -0.864. The molecule has 0 bridgehead atoms. The average molecular weight is 446 g/mol. The molecule has 0 saturated carbocycles. The maximum atomic E-state index is 13.0. The highest BCUT2D eigenvalue weighted by Crippen LogP contribution is 2.36. The maximum absolute atomic E-state index is 13.0. The molecule has 2 heterocycles. The molecule has 3 aromatic rings. The lowest BCUT2D eigenvalue weighted by Crippen LogP contribution is -2.14. The highest BCUT2D eigenvalue weighted by Gasteiger charge is 2.26. The third-order valence-electron chi connectivity index (χ3n) is 3.67. The first-order valence-corrected chi connectivity index (χ1v) is 9.74. The van der Waals surface area contributed by atoms with Gasteiger partial charge in [-0.2, -0.15) is 0 Å². The molecule has 0 radical (unpaired) electrons. The predicted octanol–water partition coefficient (Wildman–Crippen LogP) is 3.98. The van der Waals surface area contributed by atoms with Crippen molar-refractivity contribution >= 4 is 48.6 Å². The fraction of sp³-hybridized carbons (Fsp3) is 0.188. The summed E-state index contributed by atoms with van der Waals surface area (Å²) in [6, 6.07) is 9.72. The quantitative estimate of drug-likeness (QED) is 0.556. The Morgan fingerprint density at radius 2 is 1.84 bits per heavy atom. The molecule has 3 rings (SSSR count). The molecule has 0 atom stereocenters. The first-order chi connectivity index (χ1) is 11.9. The van der Waals surface area contributed by atoms with Crippen LogP contribution in [-0.2, 0) is 19.5 Å². The second-order valence-electron chi connectivity index (χ2n) is 5.12. The van der Waals surface area contributed by atoms with Gasteiger partial charge in [-0.3, -0.25) is 0 Å². The van der Waals surface area contributed by atoms with Crippen molar-refractivity contribution in [2.45, 2.75) is 11.2 Å². The van der Waals surface area contributed by atoms with Crippen LogP contribution < -0.4 is 0 Å². The summed E-state index contributed by atoms with van der Waals surface area (Å²) in [6.07, 6.45) is 0.753. The summed E-state index contributed by atoms with van der Waals surface area (Å²) in [5.41, 5.74) is 0.733. The van der Waals surface area contributed by atoms with E-state index in [1.54, 1.807) is 24.3 Å². The van der Waals surface area contributed by atoms with Crippen LogP contribution in [0.2, 0.25) is 5.02 Å². The van der Waals surface area contributed by atoms with Crippen LogP contribution in [0.25, 0.3) is 11.0 Å². The van der Waals surface area contributed by atoms with Gasteiger partial charge in [0, 0.05) is 31.4 Å². The lowest BCUT2D eigenvalue weighted by molar-refractivity contribution is -0.106. The van der Waals surface area contributed by atoms with Crippen LogP contribution in [-0.4, -0.2) is 31.6 Å². The molecular weight excluding hydrogens is 432 g/mol. The van der Waals surface area contributed by atoms with Crippen molar-refractivity contribution in [1.29, 1.82) is 0 Å². The van der Waals surface area contributed by atoms with Gasteiger partial charge in [0.1, 0.15) is 4.60 Å². The number of hydrogen-bond donors (Lipinski definition) is 0. The minimum atomic E-state index is -3.83. The normalized spacial score (nSPS) is 12.2. The molecule has 1 aromatic carbocycles. The summed E-state index contributed by atoms with van der Waals surface area (Å²) in [5.74, 6) is 0. The number of hydrogen-bond acceptors (Lipinski definition) is 5. The Kier molecular flexibility index (Phi) is 5.17. The Morgan fingerprint density at radius 3 is 2.44 bits per heavy atom. The molecule has 0 spiro atoms. The van der Waals surface area contributed by atoms with Crippen molar-refractivity contribution < 1.29 is 17.9 Å². The third kappa shape index (κ3) is 3.09. The molecule has 0 aliphatic rings. The molecule has 0 amide bonds. The van der Waals surface area contributed by atoms with Gasteiger partial charge in [0.25, 0.3) is 10.0 Å². The first kappa shape index (κ1) is 18.3. The molecular formula is C16H14BrClN2O4S. The Balaban J connectivity index is 2.26. The summed E-state index contributed by atoms with van der Waals surface area (Å²) >= 11 is 9.74. The SMILES string of the molecule is COC(OC)c1cnc2c(cc(Br)n2S(=O)(=O)c2ccccc2)c1Cl. The predicted molar refractivity (Wildman–Crippen MR) is 98.2 cm³/mol. The van der Waals surface area contributed by atoms with Crippen molar-refractivity contribution in [3.8, 4) is 0 Å². The lowest BCUT2D eigenvalue weighted by atomic mass is 10.2. The summed E-state index contributed by atoms with van der Waals surface area (Å²) in [4.78, 5) is 4.44. The zero-order chi connectivity index (χ0) is 18.2. The Bertz CT molecular complexity index is 1020. The van der Waals surface area contributed by atoms with Crippen LogP contribution in [0.3, 0.4) is 0 Å². The topological polar surface area (TPSA) is 70.4 Å². The van der Waals surface area contributed by atoms with E-state index < -0.39 is 16.3 Å². The largest absolute Gasteiger partial charge is 0.352 e. The number of pyridine rings is 1. The molecule has 9 heteroatoms. The third-order valence-corrected chi connectivity index (χ3v) is 6.63. The van der Waals surface area contributed by atoms with E-state index in [-0.39, 0.29) is 10.5 Å². The van der Waals surface area contributed by atoms with Gasteiger partial charge in [0.15, 0.2) is 11.9 Å². The van der Waals surface area contributed by atoms with Gasteiger partial charge in [-0.15, -0.1) is 0 Å². The van der Waals surface area contributed by atoms with Gasteiger partial charge in [-0.1, -0.05) is 29.8 Å². The molecule has 0 unspecified atom stereocenters. The molecule has 132 valence electrons. The van der Waals surface area contributed by atoms with Crippen LogP contribution in [0.4, 0.5) is 0 Å². The average Bonchev–Trinajstić information content (AvgIpc) is 2.96. The standard InChI is InChI=1S/C16H14BrClN2O4S/c1-23-16(24-2)12-9-19-15-11(14(12)18)8-13(17)20(15)25(21,22)10-6-4-3-5-7-10/h3-9,16H,1-2H3. The molecule has 0 aliphatic heterocycles. The highest BCUT2D eigenvalue weighted by atomic mass is 79.9. The second-order valence-corrected chi connectivity index (χ2v) is 8.09. The number of halogens is 2. The Hall–Kier alpha value is -1.45. The van der Waals surface area contributed by atoms with Gasteiger partial charge in [0.2, 0.25) is 0 Å². The van der Waals surface area contributed by atoms with Crippen LogP contribution >= 0.6 is 27.5 Å². The second kappa shape index (κ2) is 7.05. The van der Waals surface area contributed by atoms with Gasteiger partial charge >= 0.3 is 0 Å². The van der Waals surface area contributed by atoms with Gasteiger partial charge in [-0.25, -0.2) is 17.4 Å². The van der Waals surface area contributed by atoms with Crippen molar-refractivity contribution in [3.05, 3.63) is 57.8 Å². The lowest BCUT2D eigenvalue weighted by Gasteiger charge is -2.15. The van der Waals surface area contributed by atoms with Crippen molar-refractivity contribution in [1.82, 2.24) is 8.96 Å². The van der Waals surface area contributed by atoms with Gasteiger partial charge < -0.3 is 9.47 Å². The number of rotatable bonds is 5. The Morgan fingerprint density at radius 1 is 1.20 bits per heavy atom. The van der Waals surface area contributed by atoms with E-state index in [0.717, 1.165) is 3.97 Å².